The molecule has 0 aliphatic rings. The number of nitrogens with two attached hydrogens (primary N) is 1. The molecule has 0 aromatic heterocycles. The summed E-state index contributed by atoms with van der Waals surface area (Å²) in [7, 11) is 0. The van der Waals surface area contributed by atoms with Gasteiger partial charge in [-0.25, -0.2) is 0 Å². The number of aryl methyl sites for hydroxylation is 1. The summed E-state index contributed by atoms with van der Waals surface area (Å²) in [5.41, 5.74) is 8.02. The van der Waals surface area contributed by atoms with Crippen molar-refractivity contribution < 1.29 is 9.94 Å². The third-order valence-corrected chi connectivity index (χ3v) is 3.13. The first-order valence-electron chi connectivity index (χ1n) is 6.54. The summed E-state index contributed by atoms with van der Waals surface area (Å²) in [6, 6.07) is 6.12. The lowest BCUT2D eigenvalue weighted by molar-refractivity contribution is 0.245. The largest absolute Gasteiger partial charge is 0.482 e. The van der Waals surface area contributed by atoms with E-state index in [-0.39, 0.29) is 11.3 Å². The average Bonchev–Trinajstić information content (AvgIpc) is 2.35. The molecule has 0 amide bonds. The van der Waals surface area contributed by atoms with E-state index >= 15 is 0 Å². The molecule has 1 aromatic carbocycles. The van der Waals surface area contributed by atoms with Gasteiger partial charge in [0.25, 0.3) is 0 Å². The lowest BCUT2D eigenvalue weighted by Gasteiger charge is -2.22. The van der Waals surface area contributed by atoms with Crippen LogP contribution in [0.3, 0.4) is 0 Å². The van der Waals surface area contributed by atoms with Gasteiger partial charge < -0.3 is 15.7 Å². The zero-order valence-electron chi connectivity index (χ0n) is 12.4. The van der Waals surface area contributed by atoms with E-state index in [1.54, 1.807) is 0 Å². The summed E-state index contributed by atoms with van der Waals surface area (Å²) in [6.07, 6.45) is 0.250. The van der Waals surface area contributed by atoms with Gasteiger partial charge in [0.2, 0.25) is 0 Å². The van der Waals surface area contributed by atoms with Crippen LogP contribution in [0.4, 0.5) is 0 Å². The normalized spacial score (nSPS) is 14.3. The molecule has 1 rings (SSSR count). The number of oxime groups is 1. The Morgan fingerprint density at radius 2 is 2.05 bits per heavy atom. The minimum Gasteiger partial charge on any atom is -0.482 e. The molecule has 3 N–H and O–H groups in total. The van der Waals surface area contributed by atoms with E-state index in [1.165, 1.54) is 5.56 Å². The number of hydrogen-bond acceptors (Lipinski definition) is 3. The second kappa shape index (κ2) is 5.95. The molecule has 1 unspecified atom stereocenters. The third-order valence-electron chi connectivity index (χ3n) is 3.13. The summed E-state index contributed by atoms with van der Waals surface area (Å²) in [5.74, 6) is 0.869. The lowest BCUT2D eigenvalue weighted by atomic mass is 9.86. The molecule has 1 atom stereocenters. The number of amidine groups is 1. The first kappa shape index (κ1) is 15.3. The highest BCUT2D eigenvalue weighted by Gasteiger charge is 2.17. The Morgan fingerprint density at radius 1 is 1.42 bits per heavy atom. The van der Waals surface area contributed by atoms with Crippen molar-refractivity contribution in [3.63, 3.8) is 0 Å². The summed E-state index contributed by atoms with van der Waals surface area (Å²) < 4.78 is 5.80. The van der Waals surface area contributed by atoms with E-state index in [0.717, 1.165) is 11.3 Å². The fourth-order valence-corrected chi connectivity index (χ4v) is 1.82. The van der Waals surface area contributed by atoms with Crippen molar-refractivity contribution in [1.29, 1.82) is 0 Å². The van der Waals surface area contributed by atoms with Crippen LogP contribution in [0.25, 0.3) is 0 Å². The van der Waals surface area contributed by atoms with E-state index < -0.39 is 6.10 Å². The van der Waals surface area contributed by atoms with Gasteiger partial charge in [-0.1, -0.05) is 45.0 Å². The van der Waals surface area contributed by atoms with Crippen LogP contribution in [0.1, 0.15) is 45.2 Å². The van der Waals surface area contributed by atoms with E-state index in [1.807, 2.05) is 19.9 Å². The first-order valence-corrected chi connectivity index (χ1v) is 6.54. The highest BCUT2D eigenvalue weighted by Crippen LogP contribution is 2.28. The zero-order valence-corrected chi connectivity index (χ0v) is 12.4. The van der Waals surface area contributed by atoms with Crippen molar-refractivity contribution in [3.8, 4) is 5.75 Å². The van der Waals surface area contributed by atoms with Crippen LogP contribution in [0.5, 0.6) is 5.75 Å². The number of nitrogens with zero attached hydrogens (tertiary/aromatic N) is 1. The van der Waals surface area contributed by atoms with Gasteiger partial charge >= 0.3 is 0 Å². The second-order valence-electron chi connectivity index (χ2n) is 5.77. The Morgan fingerprint density at radius 3 is 2.47 bits per heavy atom. The quantitative estimate of drug-likeness (QED) is 0.380. The van der Waals surface area contributed by atoms with Crippen molar-refractivity contribution >= 4 is 5.84 Å². The van der Waals surface area contributed by atoms with Gasteiger partial charge in [-0.15, -0.1) is 0 Å². The number of hydrogen-bond donors (Lipinski definition) is 2. The lowest BCUT2D eigenvalue weighted by Crippen LogP contribution is -2.33. The molecule has 0 spiro atoms. The molecule has 0 saturated heterocycles. The SMILES string of the molecule is CCC(Oc1ccc(C(C)(C)C)cc1C)C(N)=NO. The third kappa shape index (κ3) is 3.88. The maximum Gasteiger partial charge on any atom is 0.180 e. The summed E-state index contributed by atoms with van der Waals surface area (Å²) in [4.78, 5) is 0. The predicted molar refractivity (Wildman–Crippen MR) is 78.0 cm³/mol. The Labute approximate surface area is 115 Å². The van der Waals surface area contributed by atoms with Gasteiger partial charge in [0.1, 0.15) is 5.75 Å². The molecule has 0 heterocycles. The maximum absolute atomic E-state index is 8.72. The van der Waals surface area contributed by atoms with Gasteiger partial charge in [-0.05, 0) is 36.0 Å². The number of rotatable bonds is 4. The Bertz CT molecular complexity index is 462. The topological polar surface area (TPSA) is 67.8 Å². The van der Waals surface area contributed by atoms with Crippen molar-refractivity contribution in [2.24, 2.45) is 10.9 Å². The molecule has 4 heteroatoms. The highest BCUT2D eigenvalue weighted by molar-refractivity contribution is 5.84. The van der Waals surface area contributed by atoms with Crippen LogP contribution in [0, 0.1) is 6.92 Å². The van der Waals surface area contributed by atoms with Crippen LogP contribution < -0.4 is 10.5 Å². The Balaban J connectivity index is 2.97. The molecule has 19 heavy (non-hydrogen) atoms. The predicted octanol–water partition coefficient (Wildman–Crippen LogP) is 3.20. The van der Waals surface area contributed by atoms with Gasteiger partial charge in [-0.2, -0.15) is 0 Å². The van der Waals surface area contributed by atoms with Gasteiger partial charge in [0.05, 0.1) is 0 Å². The zero-order chi connectivity index (χ0) is 14.6. The Hall–Kier alpha value is -1.71. The standard InChI is InChI=1S/C15H24N2O2/c1-6-12(14(16)17-18)19-13-8-7-11(9-10(13)2)15(3,4)5/h7-9,12,18H,6H2,1-5H3,(H2,16,17). The monoisotopic (exact) mass is 264 g/mol. The highest BCUT2D eigenvalue weighted by atomic mass is 16.5. The van der Waals surface area contributed by atoms with Crippen LogP contribution in [0.15, 0.2) is 23.4 Å². The second-order valence-corrected chi connectivity index (χ2v) is 5.77. The van der Waals surface area contributed by atoms with Crippen molar-refractivity contribution in [3.05, 3.63) is 29.3 Å². The van der Waals surface area contributed by atoms with Crippen molar-refractivity contribution in [2.45, 2.75) is 52.6 Å². The van der Waals surface area contributed by atoms with Crippen molar-refractivity contribution in [2.75, 3.05) is 0 Å². The van der Waals surface area contributed by atoms with Crippen LogP contribution in [0.2, 0.25) is 0 Å². The molecule has 106 valence electrons. The minimum atomic E-state index is -0.399. The number of ether oxygens (including phenoxy) is 1. The first-order chi connectivity index (χ1) is 8.79. The average molecular weight is 264 g/mol. The van der Waals surface area contributed by atoms with Crippen LogP contribution in [-0.4, -0.2) is 17.1 Å². The fraction of sp³-hybridized carbons (Fsp3) is 0.533. The molecule has 4 nitrogen and oxygen atoms in total. The maximum atomic E-state index is 8.72. The van der Waals surface area contributed by atoms with E-state index in [9.17, 15) is 0 Å². The molecule has 0 fully saturated rings. The Kier molecular flexibility index (Phi) is 4.81. The molecule has 0 aliphatic carbocycles. The summed E-state index contributed by atoms with van der Waals surface area (Å²) >= 11 is 0. The smallest absolute Gasteiger partial charge is 0.180 e. The van der Waals surface area contributed by atoms with E-state index in [0.29, 0.717) is 6.42 Å². The van der Waals surface area contributed by atoms with E-state index in [2.05, 4.69) is 38.1 Å². The molecular weight excluding hydrogens is 240 g/mol. The summed E-state index contributed by atoms with van der Waals surface area (Å²) in [5, 5.41) is 11.7. The molecule has 0 aliphatic heterocycles. The van der Waals surface area contributed by atoms with Gasteiger partial charge in [-0.3, -0.25) is 0 Å². The molecule has 0 bridgehead atoms. The van der Waals surface area contributed by atoms with Crippen LogP contribution in [-0.2, 0) is 5.41 Å². The summed E-state index contributed by atoms with van der Waals surface area (Å²) in [6.45, 7) is 10.5. The van der Waals surface area contributed by atoms with Crippen molar-refractivity contribution in [1.82, 2.24) is 0 Å². The van der Waals surface area contributed by atoms with E-state index in [4.69, 9.17) is 15.7 Å². The molecule has 0 saturated carbocycles. The molecule has 0 radical (unpaired) electrons. The van der Waals surface area contributed by atoms with Crippen LogP contribution >= 0.6 is 0 Å². The molecular formula is C15H24N2O2. The van der Waals surface area contributed by atoms with Gasteiger partial charge in [0, 0.05) is 0 Å². The minimum absolute atomic E-state index is 0.0989. The number of benzene rings is 1. The van der Waals surface area contributed by atoms with Gasteiger partial charge in [0.15, 0.2) is 11.9 Å². The molecule has 1 aromatic rings. The fourth-order valence-electron chi connectivity index (χ4n) is 1.82.